The summed E-state index contributed by atoms with van der Waals surface area (Å²) in [5.74, 6) is 1.65. The predicted molar refractivity (Wildman–Crippen MR) is 79.0 cm³/mol. The molecule has 19 heavy (non-hydrogen) atoms. The number of hydrogen-bond donors (Lipinski definition) is 0. The first-order valence-corrected chi connectivity index (χ1v) is 6.83. The molecular formula is C16H22N2O. The largest absolute Gasteiger partial charge is 0.496 e. The minimum absolute atomic E-state index is 0.648. The maximum absolute atomic E-state index is 5.58. The van der Waals surface area contributed by atoms with Crippen LogP contribution in [0.4, 0.5) is 0 Å². The molecule has 0 radical (unpaired) electrons. The number of methoxy groups -OCH3 is 1. The van der Waals surface area contributed by atoms with Gasteiger partial charge in [0.1, 0.15) is 5.75 Å². The molecule has 102 valence electrons. The van der Waals surface area contributed by atoms with Gasteiger partial charge in [-0.05, 0) is 44.6 Å². The number of benzene rings is 1. The molecule has 1 aliphatic rings. The van der Waals surface area contributed by atoms with Gasteiger partial charge < -0.3 is 14.2 Å². The van der Waals surface area contributed by atoms with Crippen LogP contribution in [0, 0.1) is 6.92 Å². The minimum Gasteiger partial charge on any atom is -0.496 e. The van der Waals surface area contributed by atoms with Crippen molar-refractivity contribution in [3.05, 3.63) is 29.5 Å². The lowest BCUT2D eigenvalue weighted by Gasteiger charge is -2.10. The molecule has 0 spiro atoms. The van der Waals surface area contributed by atoms with E-state index in [1.54, 1.807) is 7.11 Å². The van der Waals surface area contributed by atoms with Crippen molar-refractivity contribution in [2.75, 3.05) is 21.2 Å². The van der Waals surface area contributed by atoms with E-state index in [2.05, 4.69) is 55.9 Å². The zero-order valence-corrected chi connectivity index (χ0v) is 12.4. The third-order valence-electron chi connectivity index (χ3n) is 4.35. The van der Waals surface area contributed by atoms with Crippen LogP contribution in [0.25, 0.3) is 10.9 Å². The third kappa shape index (κ3) is 1.84. The van der Waals surface area contributed by atoms with Gasteiger partial charge in [-0.2, -0.15) is 0 Å². The normalized spacial score (nSPS) is 22.2. The number of likely N-dealkylation sites (N-methyl/N-ethyl adjacent to an activating group) is 1. The van der Waals surface area contributed by atoms with Crippen LogP contribution in [-0.4, -0.2) is 36.7 Å². The molecule has 3 nitrogen and oxygen atoms in total. The zero-order valence-electron chi connectivity index (χ0n) is 12.4. The Morgan fingerprint density at radius 3 is 2.63 bits per heavy atom. The summed E-state index contributed by atoms with van der Waals surface area (Å²) in [6.45, 7) is 2.17. The fraction of sp³-hybridized carbons (Fsp3) is 0.500. The second kappa shape index (κ2) is 4.27. The molecule has 0 aliphatic heterocycles. The van der Waals surface area contributed by atoms with Crippen LogP contribution in [-0.2, 0) is 7.05 Å². The smallest absolute Gasteiger partial charge is 0.128 e. The van der Waals surface area contributed by atoms with E-state index in [0.717, 1.165) is 5.75 Å². The molecule has 0 saturated heterocycles. The second-order valence-electron chi connectivity index (χ2n) is 5.88. The molecule has 1 aliphatic carbocycles. The van der Waals surface area contributed by atoms with E-state index < -0.39 is 0 Å². The molecule has 0 unspecified atom stereocenters. The lowest BCUT2D eigenvalue weighted by atomic mass is 10.1. The molecule has 1 saturated carbocycles. The first kappa shape index (κ1) is 12.5. The number of rotatable bonds is 3. The Morgan fingerprint density at radius 1 is 1.32 bits per heavy atom. The monoisotopic (exact) mass is 258 g/mol. The van der Waals surface area contributed by atoms with E-state index in [1.165, 1.54) is 28.5 Å². The third-order valence-corrected chi connectivity index (χ3v) is 4.35. The van der Waals surface area contributed by atoms with Crippen LogP contribution in [0.15, 0.2) is 18.3 Å². The average molecular weight is 258 g/mol. The van der Waals surface area contributed by atoms with Gasteiger partial charge in [0.05, 0.1) is 12.6 Å². The molecule has 0 bridgehead atoms. The molecule has 0 N–H and O–H groups in total. The van der Waals surface area contributed by atoms with Crippen molar-refractivity contribution < 1.29 is 4.74 Å². The summed E-state index contributed by atoms with van der Waals surface area (Å²) in [6.07, 6.45) is 3.54. The molecule has 1 fully saturated rings. The lowest BCUT2D eigenvalue weighted by Crippen LogP contribution is -2.15. The maximum Gasteiger partial charge on any atom is 0.128 e. The summed E-state index contributed by atoms with van der Waals surface area (Å²) in [7, 11) is 8.22. The summed E-state index contributed by atoms with van der Waals surface area (Å²) < 4.78 is 7.83. The van der Waals surface area contributed by atoms with E-state index in [0.29, 0.717) is 12.0 Å². The molecule has 0 amide bonds. The van der Waals surface area contributed by atoms with Crippen LogP contribution in [0.3, 0.4) is 0 Å². The average Bonchev–Trinajstić information content (AvgIpc) is 3.09. The molecule has 1 aromatic heterocycles. The van der Waals surface area contributed by atoms with E-state index in [9.17, 15) is 0 Å². The predicted octanol–water partition coefficient (Wildman–Crippen LogP) is 2.91. The van der Waals surface area contributed by atoms with Gasteiger partial charge in [-0.3, -0.25) is 0 Å². The Bertz CT molecular complexity index is 627. The molecule has 2 aromatic rings. The lowest BCUT2D eigenvalue weighted by molar-refractivity contribution is 0.391. The molecule has 2 atom stereocenters. The van der Waals surface area contributed by atoms with E-state index >= 15 is 0 Å². The standard InChI is InChI=1S/C16H22N2O/c1-10-6-7-14(19-5)15-12(9-18(4)16(10)15)11-8-13(11)17(2)3/h6-7,9,11,13H,8H2,1-5H3/t11-,13+/m1/s1. The number of aromatic nitrogens is 1. The van der Waals surface area contributed by atoms with Crippen molar-refractivity contribution in [2.24, 2.45) is 7.05 Å². The first-order valence-electron chi connectivity index (χ1n) is 6.83. The van der Waals surface area contributed by atoms with E-state index in [-0.39, 0.29) is 0 Å². The second-order valence-corrected chi connectivity index (χ2v) is 5.88. The van der Waals surface area contributed by atoms with Gasteiger partial charge in [-0.1, -0.05) is 6.07 Å². The summed E-state index contributed by atoms with van der Waals surface area (Å²) >= 11 is 0. The van der Waals surface area contributed by atoms with Crippen LogP contribution in [0.1, 0.15) is 23.5 Å². The SMILES string of the molecule is COc1ccc(C)c2c1c([C@H]1C[C@@H]1N(C)C)cn2C. The Kier molecular flexibility index (Phi) is 2.82. The van der Waals surface area contributed by atoms with Crippen molar-refractivity contribution in [2.45, 2.75) is 25.3 Å². The molecule has 3 rings (SSSR count). The Hall–Kier alpha value is -1.48. The van der Waals surface area contributed by atoms with Gasteiger partial charge in [0.25, 0.3) is 0 Å². The maximum atomic E-state index is 5.58. The Labute approximate surface area is 114 Å². The molecular weight excluding hydrogens is 236 g/mol. The first-order chi connectivity index (χ1) is 9.04. The van der Waals surface area contributed by atoms with Crippen molar-refractivity contribution >= 4 is 10.9 Å². The highest BCUT2D eigenvalue weighted by Gasteiger charge is 2.42. The van der Waals surface area contributed by atoms with E-state index in [1.807, 2.05) is 0 Å². The highest BCUT2D eigenvalue weighted by Crippen LogP contribution is 2.48. The van der Waals surface area contributed by atoms with E-state index in [4.69, 9.17) is 4.74 Å². The van der Waals surface area contributed by atoms with Crippen molar-refractivity contribution in [1.82, 2.24) is 9.47 Å². The summed E-state index contributed by atoms with van der Waals surface area (Å²) in [6, 6.07) is 4.91. The minimum atomic E-state index is 0.648. The Balaban J connectivity index is 2.18. The fourth-order valence-corrected chi connectivity index (χ4v) is 3.29. The highest BCUT2D eigenvalue weighted by atomic mass is 16.5. The van der Waals surface area contributed by atoms with Crippen molar-refractivity contribution in [1.29, 1.82) is 0 Å². The number of nitrogens with zero attached hydrogens (tertiary/aromatic N) is 2. The highest BCUT2D eigenvalue weighted by molar-refractivity contribution is 5.93. The fourth-order valence-electron chi connectivity index (χ4n) is 3.29. The summed E-state index contributed by atoms with van der Waals surface area (Å²) in [5, 5.41) is 1.30. The van der Waals surface area contributed by atoms with Gasteiger partial charge in [0.2, 0.25) is 0 Å². The summed E-state index contributed by atoms with van der Waals surface area (Å²) in [5.41, 5.74) is 4.06. The van der Waals surface area contributed by atoms with Crippen molar-refractivity contribution in [3.63, 3.8) is 0 Å². The number of fused-ring (bicyclic) bond motifs is 1. The van der Waals surface area contributed by atoms with Gasteiger partial charge in [0.15, 0.2) is 0 Å². The van der Waals surface area contributed by atoms with Crippen LogP contribution in [0.5, 0.6) is 5.75 Å². The van der Waals surface area contributed by atoms with Crippen LogP contribution >= 0.6 is 0 Å². The van der Waals surface area contributed by atoms with Crippen molar-refractivity contribution in [3.8, 4) is 5.75 Å². The molecule has 1 heterocycles. The number of ether oxygens (including phenoxy) is 1. The number of hydrogen-bond acceptors (Lipinski definition) is 2. The van der Waals surface area contributed by atoms with Crippen LogP contribution in [0.2, 0.25) is 0 Å². The summed E-state index contributed by atoms with van der Waals surface area (Å²) in [4.78, 5) is 2.33. The number of aryl methyl sites for hydroxylation is 2. The molecule has 3 heteroatoms. The Morgan fingerprint density at radius 2 is 2.05 bits per heavy atom. The van der Waals surface area contributed by atoms with Gasteiger partial charge in [-0.25, -0.2) is 0 Å². The quantitative estimate of drug-likeness (QED) is 0.842. The molecule has 1 aromatic carbocycles. The van der Waals surface area contributed by atoms with Gasteiger partial charge in [-0.15, -0.1) is 0 Å². The zero-order chi connectivity index (χ0) is 13.7. The van der Waals surface area contributed by atoms with Gasteiger partial charge >= 0.3 is 0 Å². The topological polar surface area (TPSA) is 17.4 Å². The van der Waals surface area contributed by atoms with Gasteiger partial charge in [0, 0.05) is 30.6 Å². The van der Waals surface area contributed by atoms with Crippen LogP contribution < -0.4 is 4.74 Å².